The minimum Gasteiger partial charge on any atom is -0.508 e. The van der Waals surface area contributed by atoms with Gasteiger partial charge in [-0.3, -0.25) is 19.3 Å². The summed E-state index contributed by atoms with van der Waals surface area (Å²) in [6, 6.07) is 10.2. The highest BCUT2D eigenvalue weighted by molar-refractivity contribution is 8.18. The number of carbonyl (C=O) groups excluding carboxylic acids is 3. The van der Waals surface area contributed by atoms with Crippen LogP contribution in [0.25, 0.3) is 6.08 Å². The van der Waals surface area contributed by atoms with E-state index in [-0.39, 0.29) is 21.9 Å². The van der Waals surface area contributed by atoms with Crippen molar-refractivity contribution in [3.63, 3.8) is 0 Å². The maximum atomic E-state index is 12.5. The highest BCUT2D eigenvalue weighted by atomic mass is 35.5. The van der Waals surface area contributed by atoms with Crippen LogP contribution in [0.3, 0.4) is 0 Å². The fraction of sp³-hybridized carbons (Fsp3) is 0.0526. The van der Waals surface area contributed by atoms with Gasteiger partial charge in [0.2, 0.25) is 5.91 Å². The molecule has 0 spiro atoms. The summed E-state index contributed by atoms with van der Waals surface area (Å²) in [5.41, 5.74) is 0.157. The van der Waals surface area contributed by atoms with E-state index in [2.05, 4.69) is 5.32 Å². The van der Waals surface area contributed by atoms with Crippen LogP contribution in [0.4, 0.5) is 10.5 Å². The number of halogens is 1. The Morgan fingerprint density at radius 2 is 1.90 bits per heavy atom. The van der Waals surface area contributed by atoms with Crippen LogP contribution in [-0.2, 0) is 9.59 Å². The maximum absolute atomic E-state index is 12.5. The molecule has 10 heteroatoms. The van der Waals surface area contributed by atoms with E-state index in [9.17, 15) is 24.3 Å². The first kappa shape index (κ1) is 20.4. The lowest BCUT2D eigenvalue weighted by Gasteiger charge is -2.13. The summed E-state index contributed by atoms with van der Waals surface area (Å²) in [6.45, 7) is -0.593. The summed E-state index contributed by atoms with van der Waals surface area (Å²) in [5.74, 6) is -3.06. The summed E-state index contributed by atoms with van der Waals surface area (Å²) in [7, 11) is 0. The Labute approximate surface area is 173 Å². The van der Waals surface area contributed by atoms with E-state index < -0.39 is 29.6 Å². The summed E-state index contributed by atoms with van der Waals surface area (Å²) in [4.78, 5) is 49.1. The Kier molecular flexibility index (Phi) is 5.90. The molecular weight excluding hydrogens is 420 g/mol. The van der Waals surface area contributed by atoms with Gasteiger partial charge in [0.25, 0.3) is 11.1 Å². The predicted octanol–water partition coefficient (Wildman–Crippen LogP) is 3.42. The van der Waals surface area contributed by atoms with Crippen molar-refractivity contribution >= 4 is 58.1 Å². The number of carbonyl (C=O) groups is 4. The number of thioether (sulfide) groups is 1. The molecule has 148 valence electrons. The van der Waals surface area contributed by atoms with E-state index in [0.717, 1.165) is 11.0 Å². The van der Waals surface area contributed by atoms with Crippen LogP contribution in [0.2, 0.25) is 5.02 Å². The molecule has 0 radical (unpaired) electrons. The van der Waals surface area contributed by atoms with Gasteiger partial charge in [0.15, 0.2) is 0 Å². The minimum atomic E-state index is -1.36. The van der Waals surface area contributed by atoms with Gasteiger partial charge in [0.1, 0.15) is 12.3 Å². The van der Waals surface area contributed by atoms with E-state index in [4.69, 9.17) is 16.7 Å². The molecule has 0 aliphatic carbocycles. The van der Waals surface area contributed by atoms with Crippen molar-refractivity contribution in [2.24, 2.45) is 0 Å². The average Bonchev–Trinajstić information content (AvgIpc) is 2.92. The number of phenols is 1. The van der Waals surface area contributed by atoms with Crippen molar-refractivity contribution in [1.29, 1.82) is 0 Å². The lowest BCUT2D eigenvalue weighted by Crippen LogP contribution is -2.36. The predicted molar refractivity (Wildman–Crippen MR) is 108 cm³/mol. The standard InChI is InChI=1S/C19H13ClN2O6S/c20-13-4-2-1-3-10(13)7-15-17(25)22(19(28)29-15)9-16(24)21-14-6-5-11(23)8-12(14)18(26)27/h1-8,23H,9H2,(H,21,24)(H,26,27). The molecule has 0 aromatic heterocycles. The number of hydrogen-bond donors (Lipinski definition) is 3. The molecule has 2 aromatic carbocycles. The SMILES string of the molecule is O=C(CN1C(=O)SC(=Cc2ccccc2Cl)C1=O)Nc1ccc(O)cc1C(=O)O. The van der Waals surface area contributed by atoms with Crippen molar-refractivity contribution in [1.82, 2.24) is 4.90 Å². The normalized spacial score (nSPS) is 15.1. The Balaban J connectivity index is 1.75. The molecule has 1 heterocycles. The van der Waals surface area contributed by atoms with Crippen LogP contribution < -0.4 is 5.32 Å². The van der Waals surface area contributed by atoms with Gasteiger partial charge in [-0.15, -0.1) is 0 Å². The molecule has 1 fully saturated rings. The summed E-state index contributed by atoms with van der Waals surface area (Å²) < 4.78 is 0. The molecule has 0 unspecified atom stereocenters. The number of aromatic carboxylic acids is 1. The van der Waals surface area contributed by atoms with Crippen molar-refractivity contribution in [2.45, 2.75) is 0 Å². The Morgan fingerprint density at radius 1 is 1.17 bits per heavy atom. The average molecular weight is 433 g/mol. The zero-order chi connectivity index (χ0) is 21.1. The van der Waals surface area contributed by atoms with Crippen molar-refractivity contribution < 1.29 is 29.4 Å². The van der Waals surface area contributed by atoms with Crippen LogP contribution in [0, 0.1) is 0 Å². The fourth-order valence-electron chi connectivity index (χ4n) is 2.52. The van der Waals surface area contributed by atoms with Gasteiger partial charge in [0, 0.05) is 5.02 Å². The molecule has 3 N–H and O–H groups in total. The fourth-order valence-corrected chi connectivity index (χ4v) is 3.54. The minimum absolute atomic E-state index is 0.0705. The first-order valence-electron chi connectivity index (χ1n) is 8.12. The van der Waals surface area contributed by atoms with Crippen molar-refractivity contribution in [3.8, 4) is 5.75 Å². The van der Waals surface area contributed by atoms with Gasteiger partial charge in [-0.25, -0.2) is 4.79 Å². The first-order valence-corrected chi connectivity index (χ1v) is 9.32. The molecule has 29 heavy (non-hydrogen) atoms. The van der Waals surface area contributed by atoms with Gasteiger partial charge in [-0.1, -0.05) is 29.8 Å². The van der Waals surface area contributed by atoms with Crippen LogP contribution in [0.1, 0.15) is 15.9 Å². The van der Waals surface area contributed by atoms with E-state index in [1.807, 2.05) is 0 Å². The second-order valence-corrected chi connectivity index (χ2v) is 7.27. The number of hydrogen-bond acceptors (Lipinski definition) is 6. The second-order valence-electron chi connectivity index (χ2n) is 5.87. The number of benzene rings is 2. The molecule has 0 atom stereocenters. The van der Waals surface area contributed by atoms with E-state index in [0.29, 0.717) is 22.3 Å². The summed E-state index contributed by atoms with van der Waals surface area (Å²) in [6.07, 6.45) is 1.47. The number of carboxylic acids is 1. The largest absolute Gasteiger partial charge is 0.508 e. The molecule has 1 saturated heterocycles. The van der Waals surface area contributed by atoms with Gasteiger partial charge >= 0.3 is 5.97 Å². The third kappa shape index (κ3) is 4.58. The number of rotatable bonds is 5. The van der Waals surface area contributed by atoms with Gasteiger partial charge in [-0.2, -0.15) is 0 Å². The van der Waals surface area contributed by atoms with Crippen molar-refractivity contribution in [2.75, 3.05) is 11.9 Å². The third-order valence-electron chi connectivity index (χ3n) is 3.87. The first-order chi connectivity index (χ1) is 13.8. The van der Waals surface area contributed by atoms with E-state index in [1.54, 1.807) is 24.3 Å². The number of nitrogens with zero attached hydrogens (tertiary/aromatic N) is 1. The number of amides is 3. The van der Waals surface area contributed by atoms with Crippen LogP contribution >= 0.6 is 23.4 Å². The van der Waals surface area contributed by atoms with Gasteiger partial charge < -0.3 is 15.5 Å². The smallest absolute Gasteiger partial charge is 0.337 e. The maximum Gasteiger partial charge on any atom is 0.337 e. The molecular formula is C19H13ClN2O6S. The van der Waals surface area contributed by atoms with E-state index >= 15 is 0 Å². The molecule has 3 rings (SSSR count). The third-order valence-corrected chi connectivity index (χ3v) is 5.13. The number of carboxylic acid groups (broad SMARTS) is 1. The molecule has 0 saturated carbocycles. The van der Waals surface area contributed by atoms with E-state index in [1.165, 1.54) is 18.2 Å². The summed E-state index contributed by atoms with van der Waals surface area (Å²) in [5, 5.41) is 20.7. The number of phenolic OH excluding ortho intramolecular Hbond substituents is 1. The lowest BCUT2D eigenvalue weighted by molar-refractivity contribution is -0.127. The topological polar surface area (TPSA) is 124 Å². The highest BCUT2D eigenvalue weighted by Gasteiger charge is 2.36. The lowest BCUT2D eigenvalue weighted by atomic mass is 10.1. The molecule has 1 aliphatic rings. The van der Waals surface area contributed by atoms with Crippen LogP contribution in [0.5, 0.6) is 5.75 Å². The summed E-state index contributed by atoms with van der Waals surface area (Å²) >= 11 is 6.73. The monoisotopic (exact) mass is 432 g/mol. The quantitative estimate of drug-likeness (QED) is 0.488. The molecule has 0 bridgehead atoms. The highest BCUT2D eigenvalue weighted by Crippen LogP contribution is 2.33. The molecule has 2 aromatic rings. The Bertz CT molecular complexity index is 1070. The second kappa shape index (κ2) is 8.38. The molecule has 3 amide bonds. The van der Waals surface area contributed by atoms with Crippen LogP contribution in [0.15, 0.2) is 47.4 Å². The number of nitrogens with one attached hydrogen (secondary N) is 1. The van der Waals surface area contributed by atoms with Crippen molar-refractivity contribution in [3.05, 3.63) is 63.5 Å². The number of anilines is 1. The van der Waals surface area contributed by atoms with Crippen LogP contribution in [-0.4, -0.2) is 44.7 Å². The number of imide groups is 1. The number of aromatic hydroxyl groups is 1. The Morgan fingerprint density at radius 3 is 2.59 bits per heavy atom. The van der Waals surface area contributed by atoms with Gasteiger partial charge in [0.05, 0.1) is 16.2 Å². The zero-order valence-corrected chi connectivity index (χ0v) is 16.2. The zero-order valence-electron chi connectivity index (χ0n) is 14.6. The van der Waals surface area contributed by atoms with Gasteiger partial charge in [-0.05, 0) is 47.7 Å². The Hall–Kier alpha value is -3.30. The molecule has 8 nitrogen and oxygen atoms in total. The molecule has 1 aliphatic heterocycles.